The predicted octanol–water partition coefficient (Wildman–Crippen LogP) is 5.25. The maximum atomic E-state index is 12.9. The molecule has 29 heavy (non-hydrogen) atoms. The molecule has 1 aliphatic rings. The number of carbonyl (C=O) groups excluding carboxylic acids is 1. The minimum absolute atomic E-state index is 0.256. The third-order valence-electron chi connectivity index (χ3n) is 4.82. The molecule has 0 radical (unpaired) electrons. The van der Waals surface area contributed by atoms with E-state index in [0.717, 1.165) is 23.1 Å². The largest absolute Gasteiger partial charge is 0.493 e. The molecule has 0 saturated heterocycles. The highest BCUT2D eigenvalue weighted by Crippen LogP contribution is 2.39. The van der Waals surface area contributed by atoms with Crippen molar-refractivity contribution in [3.63, 3.8) is 0 Å². The summed E-state index contributed by atoms with van der Waals surface area (Å²) in [6, 6.07) is 13.8. The Morgan fingerprint density at radius 1 is 1.07 bits per heavy atom. The van der Waals surface area contributed by atoms with Crippen molar-refractivity contribution in [2.45, 2.75) is 38.8 Å². The zero-order valence-corrected chi connectivity index (χ0v) is 17.8. The lowest BCUT2D eigenvalue weighted by Crippen LogP contribution is -2.42. The molecule has 5 nitrogen and oxygen atoms in total. The van der Waals surface area contributed by atoms with Gasteiger partial charge in [0.15, 0.2) is 11.5 Å². The highest BCUT2D eigenvalue weighted by molar-refractivity contribution is 5.71. The molecule has 1 heterocycles. The molecule has 0 fully saturated rings. The van der Waals surface area contributed by atoms with Gasteiger partial charge in [0.2, 0.25) is 0 Å². The third-order valence-corrected chi connectivity index (χ3v) is 4.82. The van der Waals surface area contributed by atoms with E-state index in [1.807, 2.05) is 75.4 Å². The molecule has 154 valence electrons. The lowest BCUT2D eigenvalue weighted by molar-refractivity contribution is 0.0185. The molecule has 1 amide bonds. The van der Waals surface area contributed by atoms with E-state index in [2.05, 4.69) is 0 Å². The van der Waals surface area contributed by atoms with Gasteiger partial charge in [0, 0.05) is 6.54 Å². The van der Waals surface area contributed by atoms with Crippen LogP contribution < -0.4 is 9.47 Å². The number of benzene rings is 2. The lowest BCUT2D eigenvalue weighted by Gasteiger charge is -2.37. The third kappa shape index (κ3) is 4.91. The molecule has 3 rings (SSSR count). The summed E-state index contributed by atoms with van der Waals surface area (Å²) in [5.74, 6) is 1.35. The molecule has 0 unspecified atom stereocenters. The first-order valence-corrected chi connectivity index (χ1v) is 9.80. The van der Waals surface area contributed by atoms with Crippen molar-refractivity contribution in [1.29, 1.82) is 0 Å². The summed E-state index contributed by atoms with van der Waals surface area (Å²) in [5.41, 5.74) is 2.68. The molecule has 5 heteroatoms. The van der Waals surface area contributed by atoms with Crippen LogP contribution in [0.15, 0.2) is 48.5 Å². The number of nitrogens with zero attached hydrogens (tertiary/aromatic N) is 1. The van der Waals surface area contributed by atoms with Crippen LogP contribution >= 0.6 is 0 Å². The van der Waals surface area contributed by atoms with Crippen molar-refractivity contribution in [2.24, 2.45) is 0 Å². The Kier molecular flexibility index (Phi) is 6.16. The lowest BCUT2D eigenvalue weighted by atomic mass is 9.91. The highest BCUT2D eigenvalue weighted by Gasteiger charge is 2.33. The molecule has 0 aliphatic carbocycles. The zero-order chi connectivity index (χ0) is 21.0. The van der Waals surface area contributed by atoms with Crippen molar-refractivity contribution in [2.75, 3.05) is 20.8 Å². The smallest absolute Gasteiger partial charge is 0.411 e. The SMILES string of the molecule is COc1cc2c(cc1OC)[C@@H](/C=C/c1ccccc1)N(C(=O)OC(C)(C)C)CC2. The Hall–Kier alpha value is -2.95. The van der Waals surface area contributed by atoms with Crippen molar-refractivity contribution in [3.8, 4) is 11.5 Å². The van der Waals surface area contributed by atoms with Gasteiger partial charge in [-0.3, -0.25) is 4.90 Å². The molecule has 0 saturated carbocycles. The Bertz CT molecular complexity index is 884. The zero-order valence-electron chi connectivity index (χ0n) is 17.8. The number of hydrogen-bond acceptors (Lipinski definition) is 4. The molecule has 1 atom stereocenters. The maximum absolute atomic E-state index is 12.9. The van der Waals surface area contributed by atoms with E-state index < -0.39 is 5.60 Å². The summed E-state index contributed by atoms with van der Waals surface area (Å²) < 4.78 is 16.6. The second-order valence-corrected chi connectivity index (χ2v) is 8.04. The van der Waals surface area contributed by atoms with Crippen molar-refractivity contribution in [3.05, 3.63) is 65.2 Å². The van der Waals surface area contributed by atoms with Crippen LogP contribution in [-0.4, -0.2) is 37.4 Å². The van der Waals surface area contributed by atoms with E-state index in [1.54, 1.807) is 19.1 Å². The molecular weight excluding hydrogens is 366 g/mol. The Morgan fingerprint density at radius 2 is 1.72 bits per heavy atom. The van der Waals surface area contributed by atoms with Gasteiger partial charge >= 0.3 is 6.09 Å². The van der Waals surface area contributed by atoms with E-state index in [1.165, 1.54) is 0 Å². The minimum Gasteiger partial charge on any atom is -0.493 e. The van der Waals surface area contributed by atoms with Crippen LogP contribution in [0.5, 0.6) is 11.5 Å². The van der Waals surface area contributed by atoms with Gasteiger partial charge in [-0.2, -0.15) is 0 Å². The second-order valence-electron chi connectivity index (χ2n) is 8.04. The summed E-state index contributed by atoms with van der Waals surface area (Å²) in [7, 11) is 3.25. The van der Waals surface area contributed by atoms with Crippen LogP contribution in [0.2, 0.25) is 0 Å². The molecule has 0 N–H and O–H groups in total. The topological polar surface area (TPSA) is 48.0 Å². The first-order chi connectivity index (χ1) is 13.8. The number of hydrogen-bond donors (Lipinski definition) is 0. The van der Waals surface area contributed by atoms with Crippen molar-refractivity contribution in [1.82, 2.24) is 4.90 Å². The highest BCUT2D eigenvalue weighted by atomic mass is 16.6. The van der Waals surface area contributed by atoms with Gasteiger partial charge in [0.1, 0.15) is 5.60 Å². The number of fused-ring (bicyclic) bond motifs is 1. The van der Waals surface area contributed by atoms with Gasteiger partial charge in [-0.1, -0.05) is 42.5 Å². The Balaban J connectivity index is 2.02. The molecule has 1 aliphatic heterocycles. The average molecular weight is 395 g/mol. The van der Waals surface area contributed by atoms with Gasteiger partial charge in [0.25, 0.3) is 0 Å². The van der Waals surface area contributed by atoms with Gasteiger partial charge in [-0.05, 0) is 56.0 Å². The van der Waals surface area contributed by atoms with Crippen LogP contribution in [0.4, 0.5) is 4.79 Å². The monoisotopic (exact) mass is 395 g/mol. The Labute approximate surface area is 172 Å². The normalized spacial score (nSPS) is 16.4. The van der Waals surface area contributed by atoms with Crippen LogP contribution in [0, 0.1) is 0 Å². The van der Waals surface area contributed by atoms with Crippen LogP contribution in [0.1, 0.15) is 43.5 Å². The number of carbonyl (C=O) groups is 1. The molecule has 2 aromatic rings. The van der Waals surface area contributed by atoms with E-state index in [-0.39, 0.29) is 12.1 Å². The summed E-state index contributed by atoms with van der Waals surface area (Å²) in [5, 5.41) is 0. The fourth-order valence-electron chi connectivity index (χ4n) is 3.48. The van der Waals surface area contributed by atoms with Crippen LogP contribution in [-0.2, 0) is 11.2 Å². The molecule has 2 aromatic carbocycles. The number of ether oxygens (including phenoxy) is 3. The minimum atomic E-state index is -0.553. The average Bonchev–Trinajstić information content (AvgIpc) is 2.70. The van der Waals surface area contributed by atoms with Gasteiger partial charge in [-0.15, -0.1) is 0 Å². The standard InChI is InChI=1S/C24H29NO4/c1-24(2,3)29-23(26)25-14-13-18-15-21(27-4)22(28-5)16-19(18)20(25)12-11-17-9-7-6-8-10-17/h6-12,15-16,20H,13-14H2,1-5H3/b12-11+/t20-/m1/s1. The Morgan fingerprint density at radius 3 is 2.34 bits per heavy atom. The number of rotatable bonds is 4. The van der Waals surface area contributed by atoms with Gasteiger partial charge in [-0.25, -0.2) is 4.79 Å². The van der Waals surface area contributed by atoms with Crippen LogP contribution in [0.3, 0.4) is 0 Å². The van der Waals surface area contributed by atoms with Gasteiger partial charge < -0.3 is 14.2 Å². The van der Waals surface area contributed by atoms with Crippen LogP contribution in [0.25, 0.3) is 6.08 Å². The van der Waals surface area contributed by atoms with E-state index >= 15 is 0 Å². The molecule has 0 aromatic heterocycles. The summed E-state index contributed by atoms with van der Waals surface area (Å²) in [6.07, 6.45) is 4.49. The summed E-state index contributed by atoms with van der Waals surface area (Å²) in [4.78, 5) is 14.7. The fraction of sp³-hybridized carbons (Fsp3) is 0.375. The van der Waals surface area contributed by atoms with Gasteiger partial charge in [0.05, 0.1) is 20.3 Å². The molecule has 0 bridgehead atoms. The quantitative estimate of drug-likeness (QED) is 0.709. The first-order valence-electron chi connectivity index (χ1n) is 9.80. The van der Waals surface area contributed by atoms with Crippen molar-refractivity contribution < 1.29 is 19.0 Å². The van der Waals surface area contributed by atoms with E-state index in [0.29, 0.717) is 18.0 Å². The van der Waals surface area contributed by atoms with E-state index in [9.17, 15) is 4.79 Å². The summed E-state index contributed by atoms with van der Waals surface area (Å²) >= 11 is 0. The predicted molar refractivity (Wildman–Crippen MR) is 114 cm³/mol. The second kappa shape index (κ2) is 8.60. The molecule has 0 spiro atoms. The summed E-state index contributed by atoms with van der Waals surface area (Å²) in [6.45, 7) is 6.21. The first kappa shape index (κ1) is 20.8. The maximum Gasteiger partial charge on any atom is 0.411 e. The molecular formula is C24H29NO4. The number of methoxy groups -OCH3 is 2. The van der Waals surface area contributed by atoms with E-state index in [4.69, 9.17) is 14.2 Å². The van der Waals surface area contributed by atoms with Crippen molar-refractivity contribution >= 4 is 12.2 Å². The fourth-order valence-corrected chi connectivity index (χ4v) is 3.48. The number of amides is 1.